The summed E-state index contributed by atoms with van der Waals surface area (Å²) >= 11 is 0. The van der Waals surface area contributed by atoms with Crippen LogP contribution in [0.1, 0.15) is 28.9 Å². The predicted octanol–water partition coefficient (Wildman–Crippen LogP) is 1.84. The van der Waals surface area contributed by atoms with Gasteiger partial charge in [0.25, 0.3) is 0 Å². The van der Waals surface area contributed by atoms with E-state index in [1.807, 2.05) is 6.92 Å². The largest absolute Gasteiger partial charge is 0.478 e. The molecule has 104 valence electrons. The van der Waals surface area contributed by atoms with E-state index in [2.05, 4.69) is 22.2 Å². The summed E-state index contributed by atoms with van der Waals surface area (Å²) in [6, 6.07) is 3.18. The molecule has 0 bridgehead atoms. The van der Waals surface area contributed by atoms with Crippen LogP contribution in [0, 0.1) is 12.8 Å². The molecular formula is C14H21N3O2. The first kappa shape index (κ1) is 13.8. The number of rotatable bonds is 4. The average Bonchev–Trinajstić information content (AvgIpc) is 2.36. The fourth-order valence-electron chi connectivity index (χ4n) is 2.57. The molecule has 5 heteroatoms. The van der Waals surface area contributed by atoms with E-state index in [0.717, 1.165) is 18.8 Å². The Morgan fingerprint density at radius 1 is 1.58 bits per heavy atom. The number of hydrogen-bond acceptors (Lipinski definition) is 4. The SMILES string of the molecule is Cc1cc(C(=O)O)cc(NCC2CCCN(C)C2)n1. The molecule has 1 aliphatic heterocycles. The molecule has 1 saturated heterocycles. The van der Waals surface area contributed by atoms with Gasteiger partial charge in [-0.05, 0) is 51.4 Å². The topological polar surface area (TPSA) is 65.5 Å². The summed E-state index contributed by atoms with van der Waals surface area (Å²) < 4.78 is 0. The second-order valence-electron chi connectivity index (χ2n) is 5.34. The van der Waals surface area contributed by atoms with Crippen molar-refractivity contribution in [3.8, 4) is 0 Å². The molecule has 2 N–H and O–H groups in total. The van der Waals surface area contributed by atoms with Gasteiger partial charge in [0, 0.05) is 18.8 Å². The molecule has 1 atom stereocenters. The lowest BCUT2D eigenvalue weighted by Gasteiger charge is -2.29. The minimum Gasteiger partial charge on any atom is -0.478 e. The first-order valence-electron chi connectivity index (χ1n) is 6.69. The number of aromatic nitrogens is 1. The van der Waals surface area contributed by atoms with Gasteiger partial charge in [-0.3, -0.25) is 0 Å². The Labute approximate surface area is 113 Å². The van der Waals surface area contributed by atoms with Crippen LogP contribution < -0.4 is 5.32 Å². The van der Waals surface area contributed by atoms with Crippen LogP contribution in [0.4, 0.5) is 5.82 Å². The van der Waals surface area contributed by atoms with E-state index in [0.29, 0.717) is 11.7 Å². The molecule has 1 aromatic rings. The summed E-state index contributed by atoms with van der Waals surface area (Å²) in [5.74, 6) is 0.353. The van der Waals surface area contributed by atoms with Gasteiger partial charge in [0.05, 0.1) is 5.56 Å². The number of nitrogens with one attached hydrogen (secondary N) is 1. The van der Waals surface area contributed by atoms with Gasteiger partial charge in [-0.15, -0.1) is 0 Å². The van der Waals surface area contributed by atoms with Crippen molar-refractivity contribution in [2.24, 2.45) is 5.92 Å². The Hall–Kier alpha value is -1.62. The van der Waals surface area contributed by atoms with E-state index in [9.17, 15) is 4.79 Å². The van der Waals surface area contributed by atoms with E-state index in [-0.39, 0.29) is 5.56 Å². The van der Waals surface area contributed by atoms with E-state index in [1.54, 1.807) is 12.1 Å². The van der Waals surface area contributed by atoms with E-state index < -0.39 is 5.97 Å². The fourth-order valence-corrected chi connectivity index (χ4v) is 2.57. The van der Waals surface area contributed by atoms with Gasteiger partial charge in [0.2, 0.25) is 0 Å². The van der Waals surface area contributed by atoms with Gasteiger partial charge in [0.15, 0.2) is 0 Å². The minimum absolute atomic E-state index is 0.288. The number of aryl methyl sites for hydroxylation is 1. The summed E-state index contributed by atoms with van der Waals surface area (Å²) in [7, 11) is 2.14. The molecule has 1 unspecified atom stereocenters. The molecule has 5 nitrogen and oxygen atoms in total. The van der Waals surface area contributed by atoms with Gasteiger partial charge in [-0.25, -0.2) is 9.78 Å². The molecule has 0 spiro atoms. The van der Waals surface area contributed by atoms with E-state index in [4.69, 9.17) is 5.11 Å². The molecule has 0 saturated carbocycles. The van der Waals surface area contributed by atoms with Crippen molar-refractivity contribution in [1.82, 2.24) is 9.88 Å². The van der Waals surface area contributed by atoms with Crippen molar-refractivity contribution in [3.63, 3.8) is 0 Å². The number of hydrogen-bond donors (Lipinski definition) is 2. The molecule has 1 aromatic heterocycles. The second-order valence-corrected chi connectivity index (χ2v) is 5.34. The highest BCUT2D eigenvalue weighted by molar-refractivity contribution is 5.88. The lowest BCUT2D eigenvalue weighted by atomic mass is 9.98. The van der Waals surface area contributed by atoms with Crippen molar-refractivity contribution in [1.29, 1.82) is 0 Å². The van der Waals surface area contributed by atoms with Crippen LogP contribution in [0.2, 0.25) is 0 Å². The Balaban J connectivity index is 1.97. The van der Waals surface area contributed by atoms with Crippen LogP contribution in [-0.4, -0.2) is 47.6 Å². The molecule has 2 heterocycles. The van der Waals surface area contributed by atoms with E-state index in [1.165, 1.54) is 19.4 Å². The van der Waals surface area contributed by atoms with Gasteiger partial charge in [-0.1, -0.05) is 0 Å². The zero-order chi connectivity index (χ0) is 13.8. The van der Waals surface area contributed by atoms with Crippen LogP contribution in [0.15, 0.2) is 12.1 Å². The van der Waals surface area contributed by atoms with Crippen molar-refractivity contribution in [2.75, 3.05) is 32.0 Å². The number of nitrogens with zero attached hydrogens (tertiary/aromatic N) is 2. The predicted molar refractivity (Wildman–Crippen MR) is 74.6 cm³/mol. The highest BCUT2D eigenvalue weighted by Gasteiger charge is 2.17. The molecule has 2 rings (SSSR count). The summed E-state index contributed by atoms with van der Waals surface area (Å²) in [6.07, 6.45) is 2.44. The standard InChI is InChI=1S/C14H21N3O2/c1-10-6-12(14(18)19)7-13(16-10)15-8-11-4-3-5-17(2)9-11/h6-7,11H,3-5,8-9H2,1-2H3,(H,15,16)(H,18,19). The third kappa shape index (κ3) is 3.92. The first-order valence-corrected chi connectivity index (χ1v) is 6.69. The first-order chi connectivity index (χ1) is 9.04. The number of carboxylic acid groups (broad SMARTS) is 1. The Bertz CT molecular complexity index is 462. The average molecular weight is 263 g/mol. The third-order valence-electron chi connectivity index (χ3n) is 3.49. The number of carbonyl (C=O) groups is 1. The second kappa shape index (κ2) is 6.02. The van der Waals surface area contributed by atoms with Gasteiger partial charge in [-0.2, -0.15) is 0 Å². The minimum atomic E-state index is -0.911. The molecular weight excluding hydrogens is 242 g/mol. The molecule has 1 aliphatic rings. The van der Waals surface area contributed by atoms with Crippen LogP contribution >= 0.6 is 0 Å². The summed E-state index contributed by atoms with van der Waals surface area (Å²) in [6.45, 7) is 4.92. The Morgan fingerprint density at radius 2 is 2.37 bits per heavy atom. The number of carboxylic acids is 1. The maximum absolute atomic E-state index is 11.0. The molecule has 0 aliphatic carbocycles. The molecule has 0 amide bonds. The molecule has 0 aromatic carbocycles. The normalized spacial score (nSPS) is 20.2. The van der Waals surface area contributed by atoms with Crippen molar-refractivity contribution < 1.29 is 9.90 Å². The van der Waals surface area contributed by atoms with Gasteiger partial charge >= 0.3 is 5.97 Å². The zero-order valence-corrected chi connectivity index (χ0v) is 11.5. The number of pyridine rings is 1. The molecule has 19 heavy (non-hydrogen) atoms. The van der Waals surface area contributed by atoms with Crippen LogP contribution in [0.25, 0.3) is 0 Å². The van der Waals surface area contributed by atoms with Crippen LogP contribution in [0.5, 0.6) is 0 Å². The van der Waals surface area contributed by atoms with Gasteiger partial charge < -0.3 is 15.3 Å². The maximum atomic E-state index is 11.0. The van der Waals surface area contributed by atoms with Crippen LogP contribution in [-0.2, 0) is 0 Å². The lowest BCUT2D eigenvalue weighted by molar-refractivity contribution is 0.0696. The number of piperidine rings is 1. The lowest BCUT2D eigenvalue weighted by Crippen LogP contribution is -2.35. The number of anilines is 1. The van der Waals surface area contributed by atoms with Gasteiger partial charge in [0.1, 0.15) is 5.82 Å². The number of aromatic carboxylic acids is 1. The van der Waals surface area contributed by atoms with Crippen molar-refractivity contribution in [3.05, 3.63) is 23.4 Å². The Morgan fingerprint density at radius 3 is 3.05 bits per heavy atom. The highest BCUT2D eigenvalue weighted by atomic mass is 16.4. The van der Waals surface area contributed by atoms with Crippen molar-refractivity contribution >= 4 is 11.8 Å². The molecule has 0 radical (unpaired) electrons. The van der Waals surface area contributed by atoms with Crippen molar-refractivity contribution in [2.45, 2.75) is 19.8 Å². The molecule has 1 fully saturated rings. The third-order valence-corrected chi connectivity index (χ3v) is 3.49. The number of likely N-dealkylation sites (tertiary alicyclic amines) is 1. The van der Waals surface area contributed by atoms with E-state index >= 15 is 0 Å². The summed E-state index contributed by atoms with van der Waals surface area (Å²) in [4.78, 5) is 17.7. The van der Waals surface area contributed by atoms with Crippen LogP contribution in [0.3, 0.4) is 0 Å². The quantitative estimate of drug-likeness (QED) is 0.867. The fraction of sp³-hybridized carbons (Fsp3) is 0.571. The monoisotopic (exact) mass is 263 g/mol. The summed E-state index contributed by atoms with van der Waals surface area (Å²) in [5.41, 5.74) is 1.01. The zero-order valence-electron chi connectivity index (χ0n) is 11.5. The summed E-state index contributed by atoms with van der Waals surface area (Å²) in [5, 5.41) is 12.3. The highest BCUT2D eigenvalue weighted by Crippen LogP contribution is 2.16. The maximum Gasteiger partial charge on any atom is 0.335 e. The smallest absolute Gasteiger partial charge is 0.335 e. The Kier molecular flexibility index (Phi) is 4.37.